The molecule has 5 heteroatoms. The second-order valence-corrected chi connectivity index (χ2v) is 9.66. The normalized spacial score (nSPS) is 10.9. The molecule has 0 saturated carbocycles. The highest BCUT2D eigenvalue weighted by molar-refractivity contribution is 5.97. The van der Waals surface area contributed by atoms with E-state index in [1.54, 1.807) is 24.3 Å². The summed E-state index contributed by atoms with van der Waals surface area (Å²) in [6, 6.07) is 30.2. The lowest BCUT2D eigenvalue weighted by Crippen LogP contribution is -2.28. The van der Waals surface area contributed by atoms with Crippen LogP contribution < -0.4 is 9.47 Å². The summed E-state index contributed by atoms with van der Waals surface area (Å²) in [7, 11) is 0. The first-order valence-electron chi connectivity index (χ1n) is 13.4. The van der Waals surface area contributed by atoms with Gasteiger partial charge < -0.3 is 14.4 Å². The van der Waals surface area contributed by atoms with Gasteiger partial charge in [0.25, 0.3) is 0 Å². The molecule has 0 fully saturated rings. The number of nitrogens with zero attached hydrogens (tertiary/aromatic N) is 1. The van der Waals surface area contributed by atoms with Crippen LogP contribution in [-0.4, -0.2) is 36.1 Å². The van der Waals surface area contributed by atoms with E-state index < -0.39 is 0 Å². The van der Waals surface area contributed by atoms with Crippen molar-refractivity contribution in [2.75, 3.05) is 19.6 Å². The molecule has 0 aliphatic rings. The van der Waals surface area contributed by atoms with Crippen LogP contribution in [0.4, 0.5) is 0 Å². The number of Topliss-reactive ketones (excluding diaryl/α,β-unsaturated/α-hetero) is 2. The molecule has 0 spiro atoms. The number of hydrogen-bond acceptors (Lipinski definition) is 5. The van der Waals surface area contributed by atoms with Gasteiger partial charge in [0.2, 0.25) is 0 Å². The van der Waals surface area contributed by atoms with E-state index in [9.17, 15) is 9.59 Å². The van der Waals surface area contributed by atoms with E-state index in [0.717, 1.165) is 18.0 Å². The van der Waals surface area contributed by atoms with Gasteiger partial charge in [-0.2, -0.15) is 0 Å². The van der Waals surface area contributed by atoms with Crippen molar-refractivity contribution >= 4 is 11.6 Å². The Bertz CT molecular complexity index is 1250. The molecule has 39 heavy (non-hydrogen) atoms. The summed E-state index contributed by atoms with van der Waals surface area (Å²) in [6.07, 6.45) is 0.788. The lowest BCUT2D eigenvalue weighted by Gasteiger charge is -2.19. The van der Waals surface area contributed by atoms with Gasteiger partial charge in [-0.05, 0) is 93.2 Å². The molecule has 0 aliphatic carbocycles. The monoisotopic (exact) mass is 521 g/mol. The molecule has 0 aromatic heterocycles. The van der Waals surface area contributed by atoms with Crippen molar-refractivity contribution in [3.8, 4) is 23.0 Å². The van der Waals surface area contributed by atoms with Gasteiger partial charge in [0, 0.05) is 37.1 Å². The zero-order valence-electron chi connectivity index (χ0n) is 22.9. The van der Waals surface area contributed by atoms with Gasteiger partial charge >= 0.3 is 0 Å². The number of benzene rings is 4. The van der Waals surface area contributed by atoms with E-state index in [4.69, 9.17) is 9.47 Å². The Hall–Kier alpha value is -4.22. The fourth-order valence-electron chi connectivity index (χ4n) is 4.14. The predicted octanol–water partition coefficient (Wildman–Crippen LogP) is 8.06. The molecule has 0 radical (unpaired) electrons. The summed E-state index contributed by atoms with van der Waals surface area (Å²) < 4.78 is 11.7. The Kier molecular flexibility index (Phi) is 9.65. The van der Waals surface area contributed by atoms with Crippen LogP contribution in [0.2, 0.25) is 0 Å². The highest BCUT2D eigenvalue weighted by atomic mass is 16.5. The van der Waals surface area contributed by atoms with E-state index in [0.29, 0.717) is 48.6 Å². The van der Waals surface area contributed by atoms with Crippen molar-refractivity contribution in [1.29, 1.82) is 0 Å². The maximum atomic E-state index is 12.8. The maximum absolute atomic E-state index is 12.8. The zero-order chi connectivity index (χ0) is 27.6. The summed E-state index contributed by atoms with van der Waals surface area (Å²) in [5, 5.41) is 0. The highest BCUT2D eigenvalue weighted by Crippen LogP contribution is 2.24. The molecule has 4 rings (SSSR count). The Labute approximate surface area is 231 Å². The average Bonchev–Trinajstić information content (AvgIpc) is 2.96. The fourth-order valence-corrected chi connectivity index (χ4v) is 4.14. The number of ether oxygens (including phenoxy) is 2. The third-order valence-electron chi connectivity index (χ3n) is 6.62. The van der Waals surface area contributed by atoms with Gasteiger partial charge in [0.1, 0.15) is 23.0 Å². The van der Waals surface area contributed by atoms with Crippen LogP contribution >= 0.6 is 0 Å². The van der Waals surface area contributed by atoms with E-state index >= 15 is 0 Å². The van der Waals surface area contributed by atoms with E-state index in [2.05, 4.69) is 4.90 Å². The van der Waals surface area contributed by atoms with E-state index in [-0.39, 0.29) is 11.6 Å². The van der Waals surface area contributed by atoms with Crippen LogP contribution in [0.5, 0.6) is 23.0 Å². The van der Waals surface area contributed by atoms with Crippen LogP contribution in [0.15, 0.2) is 97.1 Å². The number of carbonyl (C=O) groups excluding carboxylic acids is 2. The Morgan fingerprint density at radius 2 is 0.846 bits per heavy atom. The molecule has 0 atom stereocenters. The van der Waals surface area contributed by atoms with Crippen molar-refractivity contribution in [3.63, 3.8) is 0 Å². The van der Waals surface area contributed by atoms with Crippen LogP contribution in [0.25, 0.3) is 0 Å². The first kappa shape index (κ1) is 27.8. The van der Waals surface area contributed by atoms with Crippen molar-refractivity contribution in [2.24, 2.45) is 0 Å². The van der Waals surface area contributed by atoms with Gasteiger partial charge in [-0.3, -0.25) is 9.59 Å². The molecule has 4 aromatic carbocycles. The molecule has 0 N–H and O–H groups in total. The number of carbonyl (C=O) groups is 2. The van der Waals surface area contributed by atoms with Gasteiger partial charge in [-0.15, -0.1) is 0 Å². The molecule has 200 valence electrons. The average molecular weight is 522 g/mol. The highest BCUT2D eigenvalue weighted by Gasteiger charge is 2.13. The topological polar surface area (TPSA) is 55.8 Å². The minimum absolute atomic E-state index is 0.0748. The standard InChI is InChI=1S/C34H35NO4/c1-4-35(23-21-33(36)27-9-17-31(18-10-27)38-29-13-5-25(2)6-14-29)24-22-34(37)28-11-19-32(20-12-28)39-30-15-7-26(3)8-16-30/h5-20H,4,21-24H2,1-3H3. The first-order valence-corrected chi connectivity index (χ1v) is 13.4. The summed E-state index contributed by atoms with van der Waals surface area (Å²) in [5.74, 6) is 3.06. The largest absolute Gasteiger partial charge is 0.457 e. The third-order valence-corrected chi connectivity index (χ3v) is 6.62. The molecular weight excluding hydrogens is 486 g/mol. The number of aryl methyl sites for hydroxylation is 2. The lowest BCUT2D eigenvalue weighted by atomic mass is 10.1. The Morgan fingerprint density at radius 3 is 1.15 bits per heavy atom. The molecular formula is C34H35NO4. The van der Waals surface area contributed by atoms with Crippen LogP contribution in [-0.2, 0) is 0 Å². The smallest absolute Gasteiger partial charge is 0.164 e. The lowest BCUT2D eigenvalue weighted by molar-refractivity contribution is 0.0949. The molecule has 4 aromatic rings. The summed E-state index contributed by atoms with van der Waals surface area (Å²) in [5.41, 5.74) is 3.66. The van der Waals surface area contributed by atoms with Crippen LogP contribution in [0.3, 0.4) is 0 Å². The molecule has 0 bridgehead atoms. The third kappa shape index (κ3) is 8.39. The predicted molar refractivity (Wildman–Crippen MR) is 155 cm³/mol. The molecule has 5 nitrogen and oxygen atoms in total. The molecule has 0 aliphatic heterocycles. The second-order valence-electron chi connectivity index (χ2n) is 9.66. The molecule has 0 amide bonds. The van der Waals surface area contributed by atoms with Gasteiger partial charge in [-0.1, -0.05) is 42.3 Å². The number of rotatable bonds is 13. The SMILES string of the molecule is CCN(CCC(=O)c1ccc(Oc2ccc(C)cc2)cc1)CCC(=O)c1ccc(Oc2ccc(C)cc2)cc1. The molecule has 0 unspecified atom stereocenters. The van der Waals surface area contributed by atoms with Crippen molar-refractivity contribution < 1.29 is 19.1 Å². The van der Waals surface area contributed by atoms with Gasteiger partial charge in [0.15, 0.2) is 11.6 Å². The summed E-state index contributed by atoms with van der Waals surface area (Å²) >= 11 is 0. The maximum Gasteiger partial charge on any atom is 0.164 e. The van der Waals surface area contributed by atoms with Gasteiger partial charge in [-0.25, -0.2) is 0 Å². The molecule has 0 heterocycles. The van der Waals surface area contributed by atoms with E-state index in [1.165, 1.54) is 11.1 Å². The van der Waals surface area contributed by atoms with Crippen LogP contribution in [0, 0.1) is 13.8 Å². The summed E-state index contributed by atoms with van der Waals surface area (Å²) in [4.78, 5) is 27.7. The minimum atomic E-state index is 0.0748. The number of hydrogen-bond donors (Lipinski definition) is 0. The first-order chi connectivity index (χ1) is 18.9. The van der Waals surface area contributed by atoms with Crippen LogP contribution in [0.1, 0.15) is 51.6 Å². The summed E-state index contributed by atoms with van der Waals surface area (Å²) in [6.45, 7) is 8.09. The van der Waals surface area contributed by atoms with E-state index in [1.807, 2.05) is 93.6 Å². The van der Waals surface area contributed by atoms with Crippen molar-refractivity contribution in [2.45, 2.75) is 33.6 Å². The quantitative estimate of drug-likeness (QED) is 0.167. The van der Waals surface area contributed by atoms with Gasteiger partial charge in [0.05, 0.1) is 0 Å². The number of ketones is 2. The zero-order valence-corrected chi connectivity index (χ0v) is 22.9. The fraction of sp³-hybridized carbons (Fsp3) is 0.235. The molecule has 0 saturated heterocycles. The second kappa shape index (κ2) is 13.5. The van der Waals surface area contributed by atoms with Crippen molar-refractivity contribution in [1.82, 2.24) is 4.90 Å². The minimum Gasteiger partial charge on any atom is -0.457 e. The van der Waals surface area contributed by atoms with Crippen molar-refractivity contribution in [3.05, 3.63) is 119 Å². The Balaban J connectivity index is 1.22. The Morgan fingerprint density at radius 1 is 0.538 bits per heavy atom.